The maximum Gasteiger partial charge on any atom is 0.244 e. The number of pyridine rings is 2. The van der Waals surface area contributed by atoms with Crippen molar-refractivity contribution in [3.63, 3.8) is 0 Å². The SMILES string of the molecule is COc1ccnc(N2CCN(C(=O)Cn3nc(-c4ccc(C)c(C)n4)cc3-c3ccccc3)CC2)c1. The number of rotatable bonds is 6. The van der Waals surface area contributed by atoms with Gasteiger partial charge in [-0.05, 0) is 43.2 Å². The van der Waals surface area contributed by atoms with Gasteiger partial charge >= 0.3 is 0 Å². The number of ether oxygens (including phenoxy) is 1. The summed E-state index contributed by atoms with van der Waals surface area (Å²) < 4.78 is 7.13. The Labute approximate surface area is 211 Å². The van der Waals surface area contributed by atoms with E-state index in [1.807, 2.05) is 73.3 Å². The summed E-state index contributed by atoms with van der Waals surface area (Å²) in [5, 5.41) is 4.82. The molecule has 4 aromatic rings. The number of hydrogen-bond acceptors (Lipinski definition) is 6. The molecule has 0 atom stereocenters. The Morgan fingerprint density at radius 1 is 0.944 bits per heavy atom. The van der Waals surface area contributed by atoms with E-state index in [9.17, 15) is 4.79 Å². The van der Waals surface area contributed by atoms with Gasteiger partial charge in [0, 0.05) is 44.1 Å². The van der Waals surface area contributed by atoms with Crippen LogP contribution in [0.4, 0.5) is 5.82 Å². The first-order valence-electron chi connectivity index (χ1n) is 12.1. The van der Waals surface area contributed by atoms with Crippen molar-refractivity contribution >= 4 is 11.7 Å². The highest BCUT2D eigenvalue weighted by Crippen LogP contribution is 2.26. The van der Waals surface area contributed by atoms with Crippen LogP contribution in [0.5, 0.6) is 5.75 Å². The number of carbonyl (C=O) groups excluding carboxylic acids is 1. The van der Waals surface area contributed by atoms with Crippen LogP contribution in [0.25, 0.3) is 22.6 Å². The molecule has 0 bridgehead atoms. The fourth-order valence-corrected chi connectivity index (χ4v) is 4.39. The van der Waals surface area contributed by atoms with Crippen LogP contribution in [0.3, 0.4) is 0 Å². The Morgan fingerprint density at radius 3 is 2.44 bits per heavy atom. The molecule has 1 aromatic carbocycles. The average molecular weight is 483 g/mol. The van der Waals surface area contributed by atoms with Gasteiger partial charge in [-0.2, -0.15) is 5.10 Å². The van der Waals surface area contributed by atoms with Crippen molar-refractivity contribution in [2.45, 2.75) is 20.4 Å². The number of aryl methyl sites for hydroxylation is 2. The maximum absolute atomic E-state index is 13.3. The van der Waals surface area contributed by atoms with Crippen LogP contribution < -0.4 is 9.64 Å². The number of anilines is 1. The lowest BCUT2D eigenvalue weighted by Gasteiger charge is -2.35. The smallest absolute Gasteiger partial charge is 0.244 e. The van der Waals surface area contributed by atoms with Crippen molar-refractivity contribution in [3.8, 4) is 28.4 Å². The molecule has 1 aliphatic rings. The predicted octanol–water partition coefficient (Wildman–Crippen LogP) is 3.98. The van der Waals surface area contributed by atoms with Gasteiger partial charge in [-0.3, -0.25) is 14.5 Å². The molecule has 3 aromatic heterocycles. The van der Waals surface area contributed by atoms with E-state index < -0.39 is 0 Å². The monoisotopic (exact) mass is 482 g/mol. The van der Waals surface area contributed by atoms with Crippen molar-refractivity contribution in [2.24, 2.45) is 0 Å². The third-order valence-electron chi connectivity index (χ3n) is 6.66. The van der Waals surface area contributed by atoms with Crippen molar-refractivity contribution in [1.82, 2.24) is 24.6 Å². The molecule has 0 radical (unpaired) electrons. The molecule has 0 saturated carbocycles. The van der Waals surface area contributed by atoms with E-state index in [0.717, 1.165) is 45.5 Å². The average Bonchev–Trinajstić information content (AvgIpc) is 3.34. The highest BCUT2D eigenvalue weighted by atomic mass is 16.5. The Balaban J connectivity index is 1.34. The van der Waals surface area contributed by atoms with E-state index in [2.05, 4.69) is 16.0 Å². The number of amides is 1. The third kappa shape index (κ3) is 4.93. The molecule has 1 amide bonds. The Bertz CT molecular complexity index is 1360. The number of methoxy groups -OCH3 is 1. The molecule has 4 heterocycles. The van der Waals surface area contributed by atoms with Crippen LogP contribution in [0.1, 0.15) is 11.3 Å². The number of nitrogens with zero attached hydrogens (tertiary/aromatic N) is 6. The van der Waals surface area contributed by atoms with Crippen molar-refractivity contribution in [2.75, 3.05) is 38.2 Å². The van der Waals surface area contributed by atoms with Gasteiger partial charge in [0.2, 0.25) is 5.91 Å². The van der Waals surface area contributed by atoms with Gasteiger partial charge in [0.15, 0.2) is 0 Å². The number of carbonyl (C=O) groups is 1. The lowest BCUT2D eigenvalue weighted by molar-refractivity contribution is -0.132. The van der Waals surface area contributed by atoms with E-state index in [1.54, 1.807) is 18.0 Å². The molecule has 0 aliphatic carbocycles. The summed E-state index contributed by atoms with van der Waals surface area (Å²) in [6, 6.07) is 19.9. The second-order valence-electron chi connectivity index (χ2n) is 8.96. The summed E-state index contributed by atoms with van der Waals surface area (Å²) in [6.45, 7) is 6.91. The molecule has 36 heavy (non-hydrogen) atoms. The number of hydrogen-bond donors (Lipinski definition) is 0. The Morgan fingerprint density at radius 2 is 1.72 bits per heavy atom. The van der Waals surface area contributed by atoms with Crippen LogP contribution in [0.2, 0.25) is 0 Å². The Kier molecular flexibility index (Phi) is 6.66. The van der Waals surface area contributed by atoms with Gasteiger partial charge in [0.1, 0.15) is 23.8 Å². The zero-order chi connectivity index (χ0) is 25.1. The summed E-state index contributed by atoms with van der Waals surface area (Å²) in [5.41, 5.74) is 5.60. The van der Waals surface area contributed by atoms with Gasteiger partial charge in [-0.1, -0.05) is 36.4 Å². The van der Waals surface area contributed by atoms with Gasteiger partial charge in [0.05, 0.1) is 18.5 Å². The minimum Gasteiger partial charge on any atom is -0.497 e. The minimum atomic E-state index is 0.0492. The Hall–Kier alpha value is -4.20. The van der Waals surface area contributed by atoms with Crippen LogP contribution >= 0.6 is 0 Å². The molecule has 8 heteroatoms. The molecule has 5 rings (SSSR count). The molecular formula is C28H30N6O2. The first-order chi connectivity index (χ1) is 17.5. The minimum absolute atomic E-state index is 0.0492. The summed E-state index contributed by atoms with van der Waals surface area (Å²) in [5.74, 6) is 1.69. The number of piperazine rings is 1. The topological polar surface area (TPSA) is 76.4 Å². The molecule has 184 valence electrons. The summed E-state index contributed by atoms with van der Waals surface area (Å²) in [6.07, 6.45) is 1.75. The predicted molar refractivity (Wildman–Crippen MR) is 140 cm³/mol. The molecule has 0 spiro atoms. The quantitative estimate of drug-likeness (QED) is 0.414. The summed E-state index contributed by atoms with van der Waals surface area (Å²) >= 11 is 0. The standard InChI is InChI=1S/C28H30N6O2/c1-20-9-10-24(30-21(20)2)25-18-26(22-7-5-4-6-8-22)34(31-25)19-28(35)33-15-13-32(14-16-33)27-17-23(36-3)11-12-29-27/h4-12,17-18H,13-16,19H2,1-3H3. The molecule has 1 fully saturated rings. The summed E-state index contributed by atoms with van der Waals surface area (Å²) in [7, 11) is 1.65. The van der Waals surface area contributed by atoms with Crippen LogP contribution in [0, 0.1) is 13.8 Å². The van der Waals surface area contributed by atoms with Crippen LogP contribution in [0.15, 0.2) is 66.9 Å². The zero-order valence-electron chi connectivity index (χ0n) is 20.9. The van der Waals surface area contributed by atoms with Gasteiger partial charge in [0.25, 0.3) is 0 Å². The van der Waals surface area contributed by atoms with E-state index in [-0.39, 0.29) is 12.5 Å². The van der Waals surface area contributed by atoms with Gasteiger partial charge in [-0.25, -0.2) is 4.98 Å². The second kappa shape index (κ2) is 10.2. The van der Waals surface area contributed by atoms with Crippen LogP contribution in [-0.4, -0.2) is 63.8 Å². The number of aromatic nitrogens is 4. The first kappa shape index (κ1) is 23.5. The largest absolute Gasteiger partial charge is 0.497 e. The van der Waals surface area contributed by atoms with Crippen LogP contribution in [-0.2, 0) is 11.3 Å². The lowest BCUT2D eigenvalue weighted by atomic mass is 10.1. The maximum atomic E-state index is 13.3. The molecular weight excluding hydrogens is 452 g/mol. The van der Waals surface area contributed by atoms with Crippen molar-refractivity contribution in [1.29, 1.82) is 0 Å². The molecule has 8 nitrogen and oxygen atoms in total. The number of benzene rings is 1. The second-order valence-corrected chi connectivity index (χ2v) is 8.96. The highest BCUT2D eigenvalue weighted by Gasteiger charge is 2.24. The van der Waals surface area contributed by atoms with E-state index >= 15 is 0 Å². The van der Waals surface area contributed by atoms with Gasteiger partial charge < -0.3 is 14.5 Å². The summed E-state index contributed by atoms with van der Waals surface area (Å²) in [4.78, 5) is 26.6. The lowest BCUT2D eigenvalue weighted by Crippen LogP contribution is -2.50. The van der Waals surface area contributed by atoms with Gasteiger partial charge in [-0.15, -0.1) is 0 Å². The molecule has 1 aliphatic heterocycles. The highest BCUT2D eigenvalue weighted by molar-refractivity contribution is 5.78. The van der Waals surface area contributed by atoms with E-state index in [0.29, 0.717) is 26.2 Å². The molecule has 1 saturated heterocycles. The van der Waals surface area contributed by atoms with E-state index in [4.69, 9.17) is 14.8 Å². The van der Waals surface area contributed by atoms with E-state index in [1.165, 1.54) is 0 Å². The normalized spacial score (nSPS) is 13.6. The fourth-order valence-electron chi connectivity index (χ4n) is 4.39. The van der Waals surface area contributed by atoms with Crippen molar-refractivity contribution < 1.29 is 9.53 Å². The third-order valence-corrected chi connectivity index (χ3v) is 6.66. The first-order valence-corrected chi connectivity index (χ1v) is 12.1. The van der Waals surface area contributed by atoms with Crippen molar-refractivity contribution in [3.05, 3.63) is 78.1 Å². The fraction of sp³-hybridized carbons (Fsp3) is 0.286. The molecule has 0 unspecified atom stereocenters. The molecule has 0 N–H and O–H groups in total. The zero-order valence-corrected chi connectivity index (χ0v) is 20.9.